The molecule has 1 fully saturated rings. The Hall–Kier alpha value is -2.70. The fraction of sp³-hybridized carbons (Fsp3) is 0.391. The van der Waals surface area contributed by atoms with E-state index >= 15 is 0 Å². The van der Waals surface area contributed by atoms with Crippen LogP contribution in [-0.2, 0) is 27.4 Å². The smallest absolute Gasteiger partial charge is 0.254 e. The first-order valence-corrected chi connectivity index (χ1v) is 10.0. The molecule has 0 bridgehead atoms. The molecule has 0 radical (unpaired) electrons. The second-order valence-corrected chi connectivity index (χ2v) is 7.81. The molecule has 29 heavy (non-hydrogen) atoms. The summed E-state index contributed by atoms with van der Waals surface area (Å²) in [5.74, 6) is -0.00572. The number of morpholine rings is 1. The fourth-order valence-electron chi connectivity index (χ4n) is 3.64. The van der Waals surface area contributed by atoms with E-state index in [1.54, 1.807) is 0 Å². The lowest BCUT2D eigenvalue weighted by Gasteiger charge is -2.34. The van der Waals surface area contributed by atoms with Gasteiger partial charge in [-0.15, -0.1) is 0 Å². The number of hydrogen-bond acceptors (Lipinski definition) is 4. The normalized spacial score (nSPS) is 15.0. The number of para-hydroxylation sites is 1. The van der Waals surface area contributed by atoms with Gasteiger partial charge in [0.25, 0.3) is 5.91 Å². The van der Waals surface area contributed by atoms with Crippen LogP contribution >= 0.6 is 0 Å². The quantitative estimate of drug-likeness (QED) is 0.645. The fourth-order valence-corrected chi connectivity index (χ4v) is 3.64. The van der Waals surface area contributed by atoms with Crippen molar-refractivity contribution in [1.29, 1.82) is 0 Å². The van der Waals surface area contributed by atoms with Crippen LogP contribution < -0.4 is 0 Å². The van der Waals surface area contributed by atoms with E-state index in [-0.39, 0.29) is 12.5 Å². The minimum atomic E-state index is -0.915. The van der Waals surface area contributed by atoms with Gasteiger partial charge in [-0.3, -0.25) is 9.48 Å². The van der Waals surface area contributed by atoms with Crippen LogP contribution in [0.4, 0.5) is 0 Å². The minimum absolute atomic E-state index is 0.00572. The Labute approximate surface area is 171 Å². The van der Waals surface area contributed by atoms with Crippen molar-refractivity contribution >= 4 is 16.8 Å². The van der Waals surface area contributed by atoms with Gasteiger partial charge >= 0.3 is 0 Å². The highest BCUT2D eigenvalue weighted by molar-refractivity contribution is 5.85. The van der Waals surface area contributed by atoms with Gasteiger partial charge < -0.3 is 14.4 Å². The number of hydrogen-bond donors (Lipinski definition) is 0. The predicted molar refractivity (Wildman–Crippen MR) is 112 cm³/mol. The van der Waals surface area contributed by atoms with Gasteiger partial charge in [-0.2, -0.15) is 5.10 Å². The lowest BCUT2D eigenvalue weighted by Crippen LogP contribution is -2.50. The highest BCUT2D eigenvalue weighted by Crippen LogP contribution is 2.23. The van der Waals surface area contributed by atoms with Crippen LogP contribution in [0.15, 0.2) is 54.6 Å². The van der Waals surface area contributed by atoms with Crippen LogP contribution in [0.1, 0.15) is 25.1 Å². The van der Waals surface area contributed by atoms with Crippen molar-refractivity contribution in [1.82, 2.24) is 14.7 Å². The number of nitrogens with zero attached hydrogens (tertiary/aromatic N) is 3. The molecular formula is C23H27N3O3. The van der Waals surface area contributed by atoms with E-state index in [0.29, 0.717) is 32.8 Å². The van der Waals surface area contributed by atoms with Crippen LogP contribution in [0.5, 0.6) is 0 Å². The number of ether oxygens (including phenoxy) is 2. The van der Waals surface area contributed by atoms with Gasteiger partial charge in [-0.25, -0.2) is 0 Å². The summed E-state index contributed by atoms with van der Waals surface area (Å²) in [6, 6.07) is 18.4. The van der Waals surface area contributed by atoms with E-state index in [9.17, 15) is 4.79 Å². The standard InChI is InChI=1S/C23H27N3O3/c1-23(2,22(27)25-12-14-28-15-13-25)29-17-20-19-10-6-7-11-21(19)26(24-20)16-18-8-4-3-5-9-18/h3-11H,12-17H2,1-2H3. The first kappa shape index (κ1) is 19.6. The Morgan fingerprint density at radius 3 is 2.52 bits per heavy atom. The summed E-state index contributed by atoms with van der Waals surface area (Å²) in [4.78, 5) is 14.7. The summed E-state index contributed by atoms with van der Waals surface area (Å²) in [6.45, 7) is 7.01. The lowest BCUT2D eigenvalue weighted by atomic mass is 10.1. The molecule has 0 aliphatic carbocycles. The summed E-state index contributed by atoms with van der Waals surface area (Å²) < 4.78 is 13.4. The molecule has 1 aliphatic rings. The van der Waals surface area contributed by atoms with Gasteiger partial charge in [-0.1, -0.05) is 48.5 Å². The van der Waals surface area contributed by atoms with Gasteiger partial charge in [0.05, 0.1) is 37.6 Å². The van der Waals surface area contributed by atoms with Crippen LogP contribution in [0.25, 0.3) is 10.9 Å². The number of carbonyl (C=O) groups is 1. The average molecular weight is 393 g/mol. The summed E-state index contributed by atoms with van der Waals surface area (Å²) >= 11 is 0. The highest BCUT2D eigenvalue weighted by Gasteiger charge is 2.34. The van der Waals surface area contributed by atoms with Gasteiger partial charge in [0.2, 0.25) is 0 Å². The number of fused-ring (bicyclic) bond motifs is 1. The maximum Gasteiger partial charge on any atom is 0.254 e. The Bertz CT molecular complexity index is 975. The van der Waals surface area contributed by atoms with Crippen molar-refractivity contribution in [2.45, 2.75) is 32.6 Å². The molecular weight excluding hydrogens is 366 g/mol. The third-order valence-electron chi connectivity index (χ3n) is 5.29. The third kappa shape index (κ3) is 4.33. The first-order valence-electron chi connectivity index (χ1n) is 10.0. The van der Waals surface area contributed by atoms with Crippen molar-refractivity contribution in [3.05, 3.63) is 65.9 Å². The first-order chi connectivity index (χ1) is 14.0. The van der Waals surface area contributed by atoms with Crippen molar-refractivity contribution in [2.24, 2.45) is 0 Å². The molecule has 0 atom stereocenters. The maximum atomic E-state index is 12.9. The topological polar surface area (TPSA) is 56.6 Å². The molecule has 0 spiro atoms. The summed E-state index contributed by atoms with van der Waals surface area (Å²) in [5, 5.41) is 5.86. The lowest BCUT2D eigenvalue weighted by molar-refractivity contribution is -0.159. The molecule has 1 aliphatic heterocycles. The molecule has 152 valence electrons. The molecule has 1 aromatic heterocycles. The molecule has 0 N–H and O–H groups in total. The molecule has 3 aromatic rings. The zero-order valence-electron chi connectivity index (χ0n) is 17.0. The summed E-state index contributed by atoms with van der Waals surface area (Å²) in [7, 11) is 0. The van der Waals surface area contributed by atoms with E-state index in [4.69, 9.17) is 14.6 Å². The van der Waals surface area contributed by atoms with Gasteiger partial charge in [-0.05, 0) is 25.5 Å². The summed E-state index contributed by atoms with van der Waals surface area (Å²) in [6.07, 6.45) is 0. The van der Waals surface area contributed by atoms with Crippen LogP contribution in [0.2, 0.25) is 0 Å². The molecule has 6 heteroatoms. The second-order valence-electron chi connectivity index (χ2n) is 7.81. The second kappa shape index (κ2) is 8.35. The third-order valence-corrected chi connectivity index (χ3v) is 5.29. The molecule has 2 heterocycles. The van der Waals surface area contributed by atoms with Gasteiger partial charge in [0.1, 0.15) is 5.60 Å². The van der Waals surface area contributed by atoms with Crippen LogP contribution in [0, 0.1) is 0 Å². The molecule has 1 saturated heterocycles. The predicted octanol–water partition coefficient (Wildman–Crippen LogP) is 3.24. The van der Waals surface area contributed by atoms with Crippen molar-refractivity contribution < 1.29 is 14.3 Å². The number of benzene rings is 2. The van der Waals surface area contributed by atoms with Crippen molar-refractivity contribution in [3.8, 4) is 0 Å². The molecule has 6 nitrogen and oxygen atoms in total. The van der Waals surface area contributed by atoms with E-state index < -0.39 is 5.60 Å². The van der Waals surface area contributed by atoms with Gasteiger partial charge in [0, 0.05) is 18.5 Å². The van der Waals surface area contributed by atoms with Crippen molar-refractivity contribution in [3.63, 3.8) is 0 Å². The number of carbonyl (C=O) groups excluding carboxylic acids is 1. The zero-order valence-corrected chi connectivity index (χ0v) is 17.0. The Balaban J connectivity index is 1.52. The maximum absolute atomic E-state index is 12.9. The number of amides is 1. The van der Waals surface area contributed by atoms with E-state index in [1.165, 1.54) is 5.56 Å². The summed E-state index contributed by atoms with van der Waals surface area (Å²) in [5.41, 5.74) is 2.18. The van der Waals surface area contributed by atoms with Crippen LogP contribution in [0.3, 0.4) is 0 Å². The van der Waals surface area contributed by atoms with Crippen molar-refractivity contribution in [2.75, 3.05) is 26.3 Å². The average Bonchev–Trinajstić information content (AvgIpc) is 3.11. The number of aromatic nitrogens is 2. The zero-order chi connectivity index (χ0) is 20.3. The van der Waals surface area contributed by atoms with E-state index in [0.717, 1.165) is 16.6 Å². The molecule has 0 unspecified atom stereocenters. The molecule has 1 amide bonds. The van der Waals surface area contributed by atoms with E-state index in [2.05, 4.69) is 24.3 Å². The number of rotatable bonds is 6. The molecule has 2 aromatic carbocycles. The van der Waals surface area contributed by atoms with Crippen LogP contribution in [-0.4, -0.2) is 52.5 Å². The Morgan fingerprint density at radius 1 is 1.07 bits per heavy atom. The largest absolute Gasteiger partial charge is 0.378 e. The molecule has 4 rings (SSSR count). The Kier molecular flexibility index (Phi) is 5.65. The Morgan fingerprint density at radius 2 is 1.76 bits per heavy atom. The van der Waals surface area contributed by atoms with E-state index in [1.807, 2.05) is 53.8 Å². The molecule has 0 saturated carbocycles. The SMILES string of the molecule is CC(C)(OCc1nn(Cc2ccccc2)c2ccccc12)C(=O)N1CCOCC1. The minimum Gasteiger partial charge on any atom is -0.378 e. The monoisotopic (exact) mass is 393 g/mol. The van der Waals surface area contributed by atoms with Gasteiger partial charge in [0.15, 0.2) is 0 Å². The highest BCUT2D eigenvalue weighted by atomic mass is 16.5.